The summed E-state index contributed by atoms with van der Waals surface area (Å²) in [6.07, 6.45) is 0. The first-order valence-electron chi connectivity index (χ1n) is 5.59. The van der Waals surface area contributed by atoms with Gasteiger partial charge in [0.15, 0.2) is 0 Å². The Morgan fingerprint density at radius 3 is 2.33 bits per heavy atom. The summed E-state index contributed by atoms with van der Waals surface area (Å²) in [4.78, 5) is 10.9. The van der Waals surface area contributed by atoms with Gasteiger partial charge >= 0.3 is 0 Å². The molecule has 94 valence electrons. The Morgan fingerprint density at radius 2 is 1.89 bits per heavy atom. The van der Waals surface area contributed by atoms with E-state index in [2.05, 4.69) is 26.3 Å². The zero-order valence-electron chi connectivity index (χ0n) is 10.5. The molecule has 0 bridgehead atoms. The van der Waals surface area contributed by atoms with E-state index in [1.807, 2.05) is 42.8 Å². The number of hydrogen-bond donors (Lipinski definition) is 1. The molecule has 2 rings (SSSR count). The lowest BCUT2D eigenvalue weighted by Gasteiger charge is -2.06. The van der Waals surface area contributed by atoms with Crippen LogP contribution >= 0.6 is 15.9 Å². The van der Waals surface area contributed by atoms with Crippen molar-refractivity contribution in [1.82, 2.24) is 9.78 Å². The molecule has 2 aromatic rings. The lowest BCUT2D eigenvalue weighted by molar-refractivity contribution is -0.114. The number of aryl methyl sites for hydroxylation is 1. The van der Waals surface area contributed by atoms with Crippen LogP contribution in [0.15, 0.2) is 28.7 Å². The van der Waals surface area contributed by atoms with E-state index >= 15 is 0 Å². The summed E-state index contributed by atoms with van der Waals surface area (Å²) in [5, 5.41) is 7.19. The Balaban J connectivity index is 2.34. The number of nitrogens with zero attached hydrogens (tertiary/aromatic N) is 2. The minimum absolute atomic E-state index is 0.0726. The first-order valence-corrected chi connectivity index (χ1v) is 6.38. The van der Waals surface area contributed by atoms with Crippen molar-refractivity contribution in [2.75, 3.05) is 5.32 Å². The summed E-state index contributed by atoms with van der Waals surface area (Å²) in [7, 11) is 0. The number of aromatic nitrogens is 2. The second-order valence-corrected chi connectivity index (χ2v) is 4.92. The molecule has 0 aliphatic carbocycles. The van der Waals surface area contributed by atoms with E-state index in [0.717, 1.165) is 27.2 Å². The Bertz CT molecular complexity index is 587. The van der Waals surface area contributed by atoms with Crippen molar-refractivity contribution in [3.05, 3.63) is 40.1 Å². The minimum Gasteiger partial charge on any atom is -0.326 e. The summed E-state index contributed by atoms with van der Waals surface area (Å²) >= 11 is 3.50. The highest BCUT2D eigenvalue weighted by molar-refractivity contribution is 9.10. The van der Waals surface area contributed by atoms with Gasteiger partial charge in [-0.25, -0.2) is 4.68 Å². The predicted molar refractivity (Wildman–Crippen MR) is 75.0 cm³/mol. The van der Waals surface area contributed by atoms with Crippen molar-refractivity contribution in [3.63, 3.8) is 0 Å². The third kappa shape index (κ3) is 2.46. The lowest BCUT2D eigenvalue weighted by atomic mass is 10.2. The smallest absolute Gasteiger partial charge is 0.221 e. The zero-order valence-corrected chi connectivity index (χ0v) is 12.1. The van der Waals surface area contributed by atoms with Crippen molar-refractivity contribution >= 4 is 27.5 Å². The zero-order chi connectivity index (χ0) is 13.3. The molecular weight excluding hydrogens is 294 g/mol. The van der Waals surface area contributed by atoms with Gasteiger partial charge in [0.05, 0.1) is 21.5 Å². The maximum atomic E-state index is 10.9. The molecule has 1 aromatic carbocycles. The molecular formula is C13H14BrN3O. The molecule has 18 heavy (non-hydrogen) atoms. The summed E-state index contributed by atoms with van der Waals surface area (Å²) in [5.41, 5.74) is 3.76. The van der Waals surface area contributed by atoms with E-state index in [-0.39, 0.29) is 5.91 Å². The van der Waals surface area contributed by atoms with Crippen LogP contribution in [0.1, 0.15) is 18.3 Å². The second kappa shape index (κ2) is 4.94. The maximum Gasteiger partial charge on any atom is 0.221 e. The molecule has 1 N–H and O–H groups in total. The van der Waals surface area contributed by atoms with Crippen molar-refractivity contribution in [2.45, 2.75) is 20.8 Å². The molecule has 0 spiro atoms. The largest absolute Gasteiger partial charge is 0.326 e. The van der Waals surface area contributed by atoms with E-state index < -0.39 is 0 Å². The number of hydrogen-bond acceptors (Lipinski definition) is 2. The molecule has 5 heteroatoms. The van der Waals surface area contributed by atoms with Crippen LogP contribution in [0.25, 0.3) is 5.69 Å². The molecule has 1 aromatic heterocycles. The average Bonchev–Trinajstić information content (AvgIpc) is 2.57. The fourth-order valence-corrected chi connectivity index (χ4v) is 2.01. The molecule has 0 saturated carbocycles. The first kappa shape index (κ1) is 12.8. The van der Waals surface area contributed by atoms with Gasteiger partial charge in [-0.2, -0.15) is 5.10 Å². The molecule has 0 aliphatic rings. The van der Waals surface area contributed by atoms with Crippen molar-refractivity contribution in [3.8, 4) is 5.69 Å². The first-order chi connectivity index (χ1) is 8.49. The minimum atomic E-state index is -0.0726. The number of rotatable bonds is 2. The van der Waals surface area contributed by atoms with Crippen molar-refractivity contribution < 1.29 is 4.79 Å². The third-order valence-electron chi connectivity index (χ3n) is 2.64. The number of halogens is 1. The van der Waals surface area contributed by atoms with E-state index in [1.54, 1.807) is 0 Å². The second-order valence-electron chi connectivity index (χ2n) is 4.12. The summed E-state index contributed by atoms with van der Waals surface area (Å²) in [6.45, 7) is 5.46. The normalized spacial score (nSPS) is 10.4. The molecule has 0 saturated heterocycles. The quantitative estimate of drug-likeness (QED) is 0.926. The number of carbonyl (C=O) groups excluding carboxylic acids is 1. The number of nitrogens with one attached hydrogen (secondary N) is 1. The van der Waals surface area contributed by atoms with Gasteiger partial charge in [-0.05, 0) is 54.0 Å². The monoisotopic (exact) mass is 307 g/mol. The van der Waals surface area contributed by atoms with Crippen LogP contribution in [-0.2, 0) is 4.79 Å². The summed E-state index contributed by atoms with van der Waals surface area (Å²) in [6, 6.07) is 7.58. The standard InChI is InChI=1S/C13H14BrN3O/c1-8-13(14)9(2)17(16-8)12-6-4-11(5-7-12)15-10(3)18/h4-7H,1-3H3,(H,15,18). The predicted octanol–water partition coefficient (Wildman–Crippen LogP) is 3.21. The highest BCUT2D eigenvalue weighted by Crippen LogP contribution is 2.23. The lowest BCUT2D eigenvalue weighted by Crippen LogP contribution is -2.06. The number of benzene rings is 1. The van der Waals surface area contributed by atoms with Gasteiger partial charge in [0, 0.05) is 12.6 Å². The summed E-state index contributed by atoms with van der Waals surface area (Å²) < 4.78 is 2.89. The summed E-state index contributed by atoms with van der Waals surface area (Å²) in [5.74, 6) is -0.0726. The maximum absolute atomic E-state index is 10.9. The molecule has 0 unspecified atom stereocenters. The van der Waals surface area contributed by atoms with Crippen LogP contribution in [0.3, 0.4) is 0 Å². The van der Waals surface area contributed by atoms with Crippen molar-refractivity contribution in [2.24, 2.45) is 0 Å². The molecule has 1 heterocycles. The number of carbonyl (C=O) groups is 1. The molecule has 0 radical (unpaired) electrons. The fraction of sp³-hybridized carbons (Fsp3) is 0.231. The van der Waals surface area contributed by atoms with Gasteiger partial charge in [0.1, 0.15) is 0 Å². The van der Waals surface area contributed by atoms with E-state index in [4.69, 9.17) is 0 Å². The average molecular weight is 308 g/mol. The van der Waals surface area contributed by atoms with Crippen LogP contribution in [0, 0.1) is 13.8 Å². The van der Waals surface area contributed by atoms with Crippen LogP contribution in [0.5, 0.6) is 0 Å². The highest BCUT2D eigenvalue weighted by Gasteiger charge is 2.09. The molecule has 0 aliphatic heterocycles. The molecule has 0 fully saturated rings. The van der Waals surface area contributed by atoms with Crippen LogP contribution in [-0.4, -0.2) is 15.7 Å². The third-order valence-corrected chi connectivity index (χ3v) is 3.78. The molecule has 0 atom stereocenters. The number of anilines is 1. The van der Waals surface area contributed by atoms with E-state index in [0.29, 0.717) is 0 Å². The van der Waals surface area contributed by atoms with Gasteiger partial charge in [-0.15, -0.1) is 0 Å². The molecule has 1 amide bonds. The van der Waals surface area contributed by atoms with Crippen LogP contribution < -0.4 is 5.32 Å². The van der Waals surface area contributed by atoms with Gasteiger partial charge in [0.2, 0.25) is 5.91 Å². The Morgan fingerprint density at radius 1 is 1.28 bits per heavy atom. The van der Waals surface area contributed by atoms with Gasteiger partial charge in [0.25, 0.3) is 0 Å². The number of amides is 1. The Hall–Kier alpha value is -1.62. The topological polar surface area (TPSA) is 46.9 Å². The molecule has 4 nitrogen and oxygen atoms in total. The SMILES string of the molecule is CC(=O)Nc1ccc(-n2nc(C)c(Br)c2C)cc1. The van der Waals surface area contributed by atoms with Crippen molar-refractivity contribution in [1.29, 1.82) is 0 Å². The Labute approximate surface area is 114 Å². The van der Waals surface area contributed by atoms with Crippen LogP contribution in [0.2, 0.25) is 0 Å². The Kier molecular flexibility index (Phi) is 3.52. The highest BCUT2D eigenvalue weighted by atomic mass is 79.9. The van der Waals surface area contributed by atoms with E-state index in [1.165, 1.54) is 6.92 Å². The fourth-order valence-electron chi connectivity index (χ4n) is 1.76. The van der Waals surface area contributed by atoms with E-state index in [9.17, 15) is 4.79 Å². The van der Waals surface area contributed by atoms with Gasteiger partial charge in [-0.1, -0.05) is 0 Å². The van der Waals surface area contributed by atoms with Crippen LogP contribution in [0.4, 0.5) is 5.69 Å². The van der Waals surface area contributed by atoms with Gasteiger partial charge in [-0.3, -0.25) is 4.79 Å². The van der Waals surface area contributed by atoms with Gasteiger partial charge < -0.3 is 5.32 Å².